The summed E-state index contributed by atoms with van der Waals surface area (Å²) in [4.78, 5) is 15.4. The summed E-state index contributed by atoms with van der Waals surface area (Å²) in [7, 11) is 7.33. The molecule has 1 aromatic heterocycles. The van der Waals surface area contributed by atoms with Crippen molar-refractivity contribution in [2.45, 2.75) is 0 Å². The average Bonchev–Trinajstić information content (AvgIpc) is 3.08. The maximum Gasteiger partial charge on any atom is 0.335 e. The van der Waals surface area contributed by atoms with Gasteiger partial charge in [-0.1, -0.05) is 33.7 Å². The molecule has 0 atom stereocenters. The van der Waals surface area contributed by atoms with Crippen LogP contribution in [0.15, 0.2) is 28.8 Å². The molecule has 0 aliphatic heterocycles. The number of carboxylic acids is 1. The van der Waals surface area contributed by atoms with Gasteiger partial charge in [-0.3, -0.25) is 0 Å². The molecule has 0 amide bonds. The molecule has 3 rings (SSSR count). The Labute approximate surface area is 147 Å². The summed E-state index contributed by atoms with van der Waals surface area (Å²) >= 11 is 0. The number of hydrogen-bond donors (Lipinski definition) is 1. The van der Waals surface area contributed by atoms with Crippen molar-refractivity contribution < 1.29 is 18.8 Å². The number of benzene rings is 2. The lowest BCUT2D eigenvalue weighted by Crippen LogP contribution is -2.49. The molecule has 25 heavy (non-hydrogen) atoms. The third kappa shape index (κ3) is 2.88. The summed E-state index contributed by atoms with van der Waals surface area (Å²) in [5, 5.41) is 13.0. The normalized spacial score (nSPS) is 10.8. The highest BCUT2D eigenvalue weighted by molar-refractivity contribution is 6.63. The fourth-order valence-corrected chi connectivity index (χ4v) is 2.75. The lowest BCUT2D eigenvalue weighted by atomic mass is 9.65. The number of nitrogens with zero attached hydrogens (tertiary/aromatic N) is 2. The first kappa shape index (κ1) is 17.1. The van der Waals surface area contributed by atoms with Gasteiger partial charge < -0.3 is 9.63 Å². The highest BCUT2D eigenvalue weighted by atomic mass is 19.1. The van der Waals surface area contributed by atoms with Gasteiger partial charge in [0, 0.05) is 5.56 Å². The molecule has 1 heterocycles. The van der Waals surface area contributed by atoms with E-state index >= 15 is 0 Å². The molecule has 1 N–H and O–H groups in total. The van der Waals surface area contributed by atoms with E-state index in [-0.39, 0.29) is 28.7 Å². The molecule has 10 heteroatoms. The topological polar surface area (TPSA) is 76.2 Å². The van der Waals surface area contributed by atoms with Crippen molar-refractivity contribution in [3.8, 4) is 22.8 Å². The van der Waals surface area contributed by atoms with Crippen molar-refractivity contribution in [3.63, 3.8) is 0 Å². The van der Waals surface area contributed by atoms with Gasteiger partial charge in [-0.15, -0.1) is 5.46 Å². The van der Waals surface area contributed by atoms with Crippen molar-refractivity contribution in [1.29, 1.82) is 0 Å². The minimum absolute atomic E-state index is 0.0805. The molecule has 3 aromatic rings. The van der Waals surface area contributed by atoms with Crippen molar-refractivity contribution in [3.05, 3.63) is 35.6 Å². The summed E-state index contributed by atoms with van der Waals surface area (Å²) in [6, 6.07) is 6.20. The molecule has 2 aromatic carbocycles. The van der Waals surface area contributed by atoms with Crippen LogP contribution < -0.4 is 21.9 Å². The first-order chi connectivity index (χ1) is 11.8. The Kier molecular flexibility index (Phi) is 4.29. The summed E-state index contributed by atoms with van der Waals surface area (Å²) in [5.74, 6) is -1.13. The van der Waals surface area contributed by atoms with E-state index in [0.29, 0.717) is 11.0 Å². The Bertz CT molecular complexity index is 977. The van der Waals surface area contributed by atoms with Gasteiger partial charge in [0.2, 0.25) is 5.82 Å². The predicted molar refractivity (Wildman–Crippen MR) is 105 cm³/mol. The molecular weight excluding hydrogens is 318 g/mol. The lowest BCUT2D eigenvalue weighted by Gasteiger charge is -2.14. The first-order valence-corrected chi connectivity index (χ1v) is 7.75. The minimum Gasteiger partial charge on any atom is -0.478 e. The van der Waals surface area contributed by atoms with Crippen molar-refractivity contribution in [2.24, 2.45) is 0 Å². The van der Waals surface area contributed by atoms with Gasteiger partial charge >= 0.3 is 5.97 Å². The number of carboxylic acid groups (broad SMARTS) is 1. The van der Waals surface area contributed by atoms with Crippen LogP contribution in [0.2, 0.25) is 0 Å². The van der Waals surface area contributed by atoms with E-state index in [1.807, 2.05) is 23.5 Å². The van der Waals surface area contributed by atoms with Crippen LogP contribution >= 0.6 is 0 Å². The molecular formula is C15H13B4FN2O3. The van der Waals surface area contributed by atoms with Gasteiger partial charge in [0.1, 0.15) is 37.2 Å². The van der Waals surface area contributed by atoms with Gasteiger partial charge in [0.25, 0.3) is 5.89 Å². The SMILES string of the molecule is Bc1c(B)c(B)c(-c2nc(-c3cccc(C(=O)O)c3)no2)c(F)c1B. The van der Waals surface area contributed by atoms with E-state index in [9.17, 15) is 9.18 Å². The molecule has 0 unspecified atom stereocenters. The van der Waals surface area contributed by atoms with Crippen molar-refractivity contribution in [2.75, 3.05) is 0 Å². The highest BCUT2D eigenvalue weighted by Gasteiger charge is 2.21. The molecule has 0 spiro atoms. The van der Waals surface area contributed by atoms with E-state index in [1.165, 1.54) is 12.1 Å². The van der Waals surface area contributed by atoms with E-state index in [0.717, 1.165) is 16.4 Å². The predicted octanol–water partition coefficient (Wildman–Crippen LogP) is -3.73. The number of aromatic nitrogens is 2. The zero-order valence-electron chi connectivity index (χ0n) is 14.3. The van der Waals surface area contributed by atoms with Crippen LogP contribution in [0.4, 0.5) is 4.39 Å². The largest absolute Gasteiger partial charge is 0.478 e. The third-order valence-corrected chi connectivity index (χ3v) is 4.62. The van der Waals surface area contributed by atoms with Gasteiger partial charge in [0.15, 0.2) is 0 Å². The van der Waals surface area contributed by atoms with Gasteiger partial charge in [-0.25, -0.2) is 9.18 Å². The Morgan fingerprint density at radius 2 is 1.76 bits per heavy atom. The molecule has 0 fully saturated rings. The second kappa shape index (κ2) is 6.27. The zero-order valence-corrected chi connectivity index (χ0v) is 14.3. The monoisotopic (exact) mass is 332 g/mol. The maximum atomic E-state index is 14.8. The standard InChI is InChI=1S/C15H13B4FN2O3/c16-8-7(12(20)11(19)10(18)9(8)17)14-21-13(22-25-14)5-2-1-3-6(4-5)15(23)24/h1-4H,16-19H2,(H,23,24). The first-order valence-electron chi connectivity index (χ1n) is 7.75. The van der Waals surface area contributed by atoms with Crippen LogP contribution in [-0.4, -0.2) is 52.6 Å². The van der Waals surface area contributed by atoms with E-state index in [1.54, 1.807) is 20.0 Å². The zero-order chi connectivity index (χ0) is 18.3. The van der Waals surface area contributed by atoms with E-state index < -0.39 is 5.97 Å². The number of halogens is 1. The highest BCUT2D eigenvalue weighted by Crippen LogP contribution is 2.22. The molecule has 0 aliphatic carbocycles. The number of hydrogen-bond acceptors (Lipinski definition) is 4. The summed E-state index contributed by atoms with van der Waals surface area (Å²) in [6.45, 7) is 0. The van der Waals surface area contributed by atoms with E-state index in [2.05, 4.69) is 10.1 Å². The molecule has 0 saturated heterocycles. The van der Waals surface area contributed by atoms with E-state index in [4.69, 9.17) is 9.63 Å². The molecule has 0 saturated carbocycles. The average molecular weight is 332 g/mol. The van der Waals surface area contributed by atoms with Crippen LogP contribution in [0.1, 0.15) is 10.4 Å². The molecule has 0 bridgehead atoms. The summed E-state index contributed by atoms with van der Waals surface area (Å²) in [6.07, 6.45) is 0. The number of carbonyl (C=O) groups is 1. The number of rotatable bonds is 3. The fourth-order valence-electron chi connectivity index (χ4n) is 2.75. The Balaban J connectivity index is 2.12. The molecule has 0 radical (unpaired) electrons. The van der Waals surface area contributed by atoms with Crippen molar-refractivity contribution in [1.82, 2.24) is 10.1 Å². The van der Waals surface area contributed by atoms with Crippen LogP contribution in [0.25, 0.3) is 22.8 Å². The number of aromatic carboxylic acids is 1. The van der Waals surface area contributed by atoms with Crippen LogP contribution in [0.5, 0.6) is 0 Å². The van der Waals surface area contributed by atoms with Crippen LogP contribution in [0, 0.1) is 5.82 Å². The summed E-state index contributed by atoms with van der Waals surface area (Å²) < 4.78 is 20.0. The van der Waals surface area contributed by atoms with Crippen molar-refractivity contribution >= 4 is 59.2 Å². The Morgan fingerprint density at radius 1 is 1.08 bits per heavy atom. The minimum atomic E-state index is -1.04. The second-order valence-corrected chi connectivity index (χ2v) is 6.00. The quantitative estimate of drug-likeness (QED) is 0.500. The van der Waals surface area contributed by atoms with Gasteiger partial charge in [-0.05, 0) is 12.1 Å². The Morgan fingerprint density at radius 3 is 2.44 bits per heavy atom. The summed E-state index contributed by atoms with van der Waals surface area (Å²) in [5.41, 5.74) is 4.06. The molecule has 120 valence electrons. The molecule has 0 aliphatic rings. The Hall–Kier alpha value is -2.76. The smallest absolute Gasteiger partial charge is 0.335 e. The molecule has 5 nitrogen and oxygen atoms in total. The maximum absolute atomic E-state index is 14.8. The van der Waals surface area contributed by atoms with Crippen LogP contribution in [0.3, 0.4) is 0 Å². The van der Waals surface area contributed by atoms with Crippen LogP contribution in [-0.2, 0) is 0 Å². The van der Waals surface area contributed by atoms with Gasteiger partial charge in [0.05, 0.1) is 11.1 Å². The second-order valence-electron chi connectivity index (χ2n) is 6.00. The lowest BCUT2D eigenvalue weighted by molar-refractivity contribution is 0.0697. The van der Waals surface area contributed by atoms with Gasteiger partial charge in [-0.2, -0.15) is 4.98 Å². The third-order valence-electron chi connectivity index (χ3n) is 4.62. The fraction of sp³-hybridized carbons (Fsp3) is 0.